The molecule has 0 radical (unpaired) electrons. The second-order valence-corrected chi connectivity index (χ2v) is 10.3. The molecule has 4 aromatic rings. The maximum atomic E-state index is 14.2. The van der Waals surface area contributed by atoms with E-state index in [9.17, 15) is 18.0 Å². The van der Waals surface area contributed by atoms with E-state index in [1.807, 2.05) is 42.9 Å². The number of benzene rings is 1. The van der Waals surface area contributed by atoms with Gasteiger partial charge in [-0.1, -0.05) is 18.2 Å². The van der Waals surface area contributed by atoms with Crippen LogP contribution in [-0.4, -0.2) is 62.0 Å². The minimum atomic E-state index is -4.61. The Morgan fingerprint density at radius 3 is 2.58 bits per heavy atom. The van der Waals surface area contributed by atoms with Gasteiger partial charge in [-0.05, 0) is 48.4 Å². The van der Waals surface area contributed by atoms with Crippen LogP contribution in [0.25, 0.3) is 16.8 Å². The number of halogens is 3. The quantitative estimate of drug-likeness (QED) is 0.400. The van der Waals surface area contributed by atoms with E-state index in [0.717, 1.165) is 34.0 Å². The first-order valence-electron chi connectivity index (χ1n) is 12.4. The van der Waals surface area contributed by atoms with Gasteiger partial charge >= 0.3 is 11.9 Å². The number of fused-ring (bicyclic) bond motifs is 1. The molecule has 198 valence electrons. The van der Waals surface area contributed by atoms with Crippen LogP contribution < -0.4 is 5.69 Å². The van der Waals surface area contributed by atoms with Crippen molar-refractivity contribution in [2.45, 2.75) is 24.4 Å². The lowest BCUT2D eigenvalue weighted by atomic mass is 9.75. The highest BCUT2D eigenvalue weighted by Crippen LogP contribution is 2.37. The average Bonchev–Trinajstić information content (AvgIpc) is 3.43. The normalized spacial score (nSPS) is 18.0. The Morgan fingerprint density at radius 1 is 1.13 bits per heavy atom. The zero-order chi connectivity index (χ0) is 26.7. The molecule has 0 aliphatic carbocycles. The molecule has 0 bridgehead atoms. The first-order chi connectivity index (χ1) is 18.1. The molecule has 6 rings (SSSR count). The van der Waals surface area contributed by atoms with Crippen LogP contribution in [0.15, 0.2) is 59.9 Å². The Morgan fingerprint density at radius 2 is 1.95 bits per heavy atom. The van der Waals surface area contributed by atoms with Crippen molar-refractivity contribution in [3.63, 3.8) is 0 Å². The van der Waals surface area contributed by atoms with Gasteiger partial charge in [0.05, 0.1) is 30.0 Å². The number of alkyl halides is 3. The molecule has 5 heterocycles. The van der Waals surface area contributed by atoms with Gasteiger partial charge in [0.25, 0.3) is 0 Å². The minimum absolute atomic E-state index is 0.175. The second kappa shape index (κ2) is 8.95. The molecule has 0 amide bonds. The predicted octanol–water partition coefficient (Wildman–Crippen LogP) is 3.47. The lowest BCUT2D eigenvalue weighted by Crippen LogP contribution is -2.49. The molecular weight excluding hydrogens is 497 g/mol. The molecule has 3 aromatic heterocycles. The Balaban J connectivity index is 1.45. The summed E-state index contributed by atoms with van der Waals surface area (Å²) in [6, 6.07) is 8.51. The fourth-order valence-electron chi connectivity index (χ4n) is 5.28. The third kappa shape index (κ3) is 4.15. The lowest BCUT2D eigenvalue weighted by molar-refractivity contribution is -0.136. The summed E-state index contributed by atoms with van der Waals surface area (Å²) < 4.78 is 52.4. The summed E-state index contributed by atoms with van der Waals surface area (Å²) in [5, 5.41) is 8.16. The highest BCUT2D eigenvalue weighted by atomic mass is 19.4. The lowest BCUT2D eigenvalue weighted by Gasteiger charge is -2.41. The van der Waals surface area contributed by atoms with Crippen molar-refractivity contribution in [2.75, 3.05) is 33.4 Å². The highest BCUT2D eigenvalue weighted by molar-refractivity contribution is 5.70. The number of rotatable bonds is 5. The largest absolute Gasteiger partial charge is 0.418 e. The molecule has 0 N–H and O–H groups in total. The molecule has 0 spiro atoms. The first-order valence-corrected chi connectivity index (χ1v) is 12.4. The van der Waals surface area contributed by atoms with E-state index < -0.39 is 17.4 Å². The molecule has 8 nitrogen and oxygen atoms in total. The number of nitrogens with zero attached hydrogens (tertiary/aromatic N) is 6. The van der Waals surface area contributed by atoms with Crippen molar-refractivity contribution in [1.29, 1.82) is 0 Å². The van der Waals surface area contributed by atoms with Gasteiger partial charge < -0.3 is 14.2 Å². The van der Waals surface area contributed by atoms with Gasteiger partial charge in [0.2, 0.25) is 0 Å². The van der Waals surface area contributed by atoms with E-state index in [1.54, 1.807) is 12.4 Å². The number of aryl methyl sites for hydroxylation is 1. The number of hydrogen-bond acceptors (Lipinski definition) is 5. The number of imidazole rings is 1. The average molecular weight is 525 g/mol. The number of hydrogen-bond donors (Lipinski definition) is 0. The smallest absolute Gasteiger partial charge is 0.379 e. The third-order valence-corrected chi connectivity index (χ3v) is 7.65. The van der Waals surface area contributed by atoms with Crippen molar-refractivity contribution in [3.8, 4) is 5.69 Å². The topological polar surface area (TPSA) is 69.6 Å². The zero-order valence-corrected chi connectivity index (χ0v) is 21.1. The maximum absolute atomic E-state index is 14.2. The van der Waals surface area contributed by atoms with E-state index in [-0.39, 0.29) is 10.9 Å². The second-order valence-electron chi connectivity index (χ2n) is 10.3. The van der Waals surface area contributed by atoms with Crippen LogP contribution in [0.5, 0.6) is 0 Å². The van der Waals surface area contributed by atoms with E-state index in [1.165, 1.54) is 17.0 Å². The molecular formula is C27H27F3N6O2. The fraction of sp³-hybridized carbons (Fsp3) is 0.370. The molecule has 2 aliphatic heterocycles. The van der Waals surface area contributed by atoms with Gasteiger partial charge in [0, 0.05) is 44.4 Å². The van der Waals surface area contributed by atoms with E-state index in [0.29, 0.717) is 43.9 Å². The summed E-state index contributed by atoms with van der Waals surface area (Å²) in [5.41, 5.74) is 0.746. The van der Waals surface area contributed by atoms with Crippen LogP contribution in [0.3, 0.4) is 0 Å². The molecule has 1 aromatic carbocycles. The SMILES string of the molecule is CN1CC=C(c2cc(C(F)(F)F)c3cn(-c4cccc(C5(Cc6nncn6C)COC5)c4)c(=O)n3c2)CC1. The van der Waals surface area contributed by atoms with E-state index >= 15 is 0 Å². The summed E-state index contributed by atoms with van der Waals surface area (Å²) >= 11 is 0. The predicted molar refractivity (Wildman–Crippen MR) is 135 cm³/mol. The number of likely N-dealkylation sites (N-methyl/N-ethyl adjacent to an activating group) is 1. The van der Waals surface area contributed by atoms with Gasteiger partial charge in [0.15, 0.2) is 0 Å². The van der Waals surface area contributed by atoms with E-state index in [2.05, 4.69) is 15.1 Å². The first kappa shape index (κ1) is 24.6. The van der Waals surface area contributed by atoms with Crippen LogP contribution in [-0.2, 0) is 29.8 Å². The van der Waals surface area contributed by atoms with Crippen molar-refractivity contribution < 1.29 is 17.9 Å². The monoisotopic (exact) mass is 524 g/mol. The molecule has 11 heteroatoms. The Bertz CT molecular complexity index is 1610. The maximum Gasteiger partial charge on any atom is 0.418 e. The molecule has 1 saturated heterocycles. The van der Waals surface area contributed by atoms with Crippen molar-refractivity contribution in [3.05, 3.63) is 88.1 Å². The minimum Gasteiger partial charge on any atom is -0.379 e. The van der Waals surface area contributed by atoms with Crippen molar-refractivity contribution in [1.82, 2.24) is 28.6 Å². The zero-order valence-electron chi connectivity index (χ0n) is 21.1. The number of aromatic nitrogens is 5. The summed E-state index contributed by atoms with van der Waals surface area (Å²) in [5.74, 6) is 0.802. The molecule has 38 heavy (non-hydrogen) atoms. The number of ether oxygens (including phenoxy) is 1. The summed E-state index contributed by atoms with van der Waals surface area (Å²) in [6.45, 7) is 2.34. The van der Waals surface area contributed by atoms with Crippen LogP contribution >= 0.6 is 0 Å². The molecule has 0 atom stereocenters. The standard InChI is InChI=1S/C27H27F3N6O2/c1-33-8-6-18(7-9-33)19-10-22(27(28,29)30)23-14-35(25(37)36(23)13-19)21-5-3-4-20(11-21)26(15-38-16-26)12-24-32-31-17-34(24)2/h3-6,10-11,13-14,17H,7-9,12,15-16H2,1-2H3. The molecule has 2 aliphatic rings. The van der Waals surface area contributed by atoms with Gasteiger partial charge in [-0.3, -0.25) is 8.97 Å². The van der Waals surface area contributed by atoms with Gasteiger partial charge in [-0.15, -0.1) is 10.2 Å². The van der Waals surface area contributed by atoms with Crippen LogP contribution in [0.1, 0.15) is 28.9 Å². The van der Waals surface area contributed by atoms with Crippen LogP contribution in [0, 0.1) is 0 Å². The van der Waals surface area contributed by atoms with Crippen molar-refractivity contribution >= 4 is 11.1 Å². The molecule has 0 saturated carbocycles. The molecule has 0 unspecified atom stereocenters. The summed E-state index contributed by atoms with van der Waals surface area (Å²) in [6.07, 6.45) is 2.96. The van der Waals surface area contributed by atoms with Gasteiger partial charge in [0.1, 0.15) is 12.2 Å². The highest BCUT2D eigenvalue weighted by Gasteiger charge is 2.42. The van der Waals surface area contributed by atoms with Crippen molar-refractivity contribution in [2.24, 2.45) is 7.05 Å². The number of pyridine rings is 1. The summed E-state index contributed by atoms with van der Waals surface area (Å²) in [4.78, 5) is 15.6. The molecule has 1 fully saturated rings. The Labute approximate surface area is 216 Å². The van der Waals surface area contributed by atoms with Gasteiger partial charge in [-0.2, -0.15) is 13.2 Å². The Kier molecular flexibility index (Phi) is 5.80. The van der Waals surface area contributed by atoms with Gasteiger partial charge in [-0.25, -0.2) is 4.79 Å². The Hall–Kier alpha value is -3.70. The van der Waals surface area contributed by atoms with Crippen LogP contribution in [0.4, 0.5) is 13.2 Å². The third-order valence-electron chi connectivity index (χ3n) is 7.65. The van der Waals surface area contributed by atoms with E-state index in [4.69, 9.17) is 4.74 Å². The van der Waals surface area contributed by atoms with Crippen LogP contribution in [0.2, 0.25) is 0 Å². The fourth-order valence-corrected chi connectivity index (χ4v) is 5.28. The summed E-state index contributed by atoms with van der Waals surface area (Å²) in [7, 11) is 3.84.